The SMILES string of the molecule is CCCCCCNC(=O)[C@H]1CC=CCC1. The van der Waals surface area contributed by atoms with Crippen molar-refractivity contribution in [3.8, 4) is 0 Å². The lowest BCUT2D eigenvalue weighted by atomic mass is 9.94. The molecule has 0 fully saturated rings. The van der Waals surface area contributed by atoms with Crippen molar-refractivity contribution in [2.45, 2.75) is 51.9 Å². The van der Waals surface area contributed by atoms with Crippen LogP contribution in [-0.4, -0.2) is 12.5 Å². The summed E-state index contributed by atoms with van der Waals surface area (Å²) in [6.07, 6.45) is 12.2. The van der Waals surface area contributed by atoms with Gasteiger partial charge in [0, 0.05) is 12.5 Å². The van der Waals surface area contributed by atoms with Crippen molar-refractivity contribution < 1.29 is 4.79 Å². The first kappa shape index (κ1) is 12.3. The molecule has 0 aromatic carbocycles. The fourth-order valence-electron chi connectivity index (χ4n) is 1.94. The summed E-state index contributed by atoms with van der Waals surface area (Å²) in [5.74, 6) is 0.497. The fourth-order valence-corrected chi connectivity index (χ4v) is 1.94. The summed E-state index contributed by atoms with van der Waals surface area (Å²) in [5, 5.41) is 3.04. The van der Waals surface area contributed by atoms with Crippen molar-refractivity contribution >= 4 is 5.91 Å². The second-order valence-corrected chi connectivity index (χ2v) is 4.33. The molecule has 1 rings (SSSR count). The predicted molar refractivity (Wildman–Crippen MR) is 63.6 cm³/mol. The molecule has 15 heavy (non-hydrogen) atoms. The molecule has 0 aromatic rings. The van der Waals surface area contributed by atoms with E-state index in [1.165, 1.54) is 19.3 Å². The maximum atomic E-state index is 11.7. The van der Waals surface area contributed by atoms with Crippen molar-refractivity contribution in [1.82, 2.24) is 5.32 Å². The molecule has 0 heterocycles. The molecular formula is C13H23NO. The van der Waals surface area contributed by atoms with Gasteiger partial charge in [-0.2, -0.15) is 0 Å². The number of allylic oxidation sites excluding steroid dienone is 2. The lowest BCUT2D eigenvalue weighted by Crippen LogP contribution is -2.31. The Bertz CT molecular complexity index is 211. The third-order valence-corrected chi connectivity index (χ3v) is 2.97. The van der Waals surface area contributed by atoms with Crippen molar-refractivity contribution in [2.24, 2.45) is 5.92 Å². The molecular weight excluding hydrogens is 186 g/mol. The van der Waals surface area contributed by atoms with E-state index < -0.39 is 0 Å². The van der Waals surface area contributed by atoms with E-state index in [2.05, 4.69) is 24.4 Å². The zero-order valence-corrected chi connectivity index (χ0v) is 9.80. The zero-order chi connectivity index (χ0) is 10.9. The molecule has 1 aliphatic rings. The van der Waals surface area contributed by atoms with Crippen LogP contribution in [0, 0.1) is 5.92 Å². The Hall–Kier alpha value is -0.790. The van der Waals surface area contributed by atoms with E-state index in [9.17, 15) is 4.79 Å². The van der Waals surface area contributed by atoms with Crippen LogP contribution in [0.4, 0.5) is 0 Å². The van der Waals surface area contributed by atoms with Crippen molar-refractivity contribution in [2.75, 3.05) is 6.54 Å². The van der Waals surface area contributed by atoms with E-state index >= 15 is 0 Å². The van der Waals surface area contributed by atoms with Crippen LogP contribution in [0.25, 0.3) is 0 Å². The van der Waals surface area contributed by atoms with Crippen LogP contribution in [0.2, 0.25) is 0 Å². The number of carbonyl (C=O) groups excluding carboxylic acids is 1. The first-order chi connectivity index (χ1) is 7.34. The van der Waals surface area contributed by atoms with Gasteiger partial charge in [0.15, 0.2) is 0 Å². The molecule has 0 radical (unpaired) electrons. The van der Waals surface area contributed by atoms with Gasteiger partial charge in [0.05, 0.1) is 0 Å². The molecule has 1 amide bonds. The first-order valence-electron chi connectivity index (χ1n) is 6.27. The molecule has 0 unspecified atom stereocenters. The van der Waals surface area contributed by atoms with Crippen LogP contribution in [0.15, 0.2) is 12.2 Å². The highest BCUT2D eigenvalue weighted by Crippen LogP contribution is 2.17. The number of amides is 1. The highest BCUT2D eigenvalue weighted by atomic mass is 16.1. The molecule has 1 atom stereocenters. The largest absolute Gasteiger partial charge is 0.356 e. The molecule has 1 aliphatic carbocycles. The topological polar surface area (TPSA) is 29.1 Å². The summed E-state index contributed by atoms with van der Waals surface area (Å²) in [6.45, 7) is 3.06. The highest BCUT2D eigenvalue weighted by Gasteiger charge is 2.17. The fraction of sp³-hybridized carbons (Fsp3) is 0.769. The summed E-state index contributed by atoms with van der Waals surface area (Å²) >= 11 is 0. The summed E-state index contributed by atoms with van der Waals surface area (Å²) < 4.78 is 0. The van der Waals surface area contributed by atoms with Crippen LogP contribution in [0.5, 0.6) is 0 Å². The minimum atomic E-state index is 0.237. The maximum absolute atomic E-state index is 11.7. The van der Waals surface area contributed by atoms with Gasteiger partial charge in [0.1, 0.15) is 0 Å². The Labute approximate surface area is 93.1 Å². The second kappa shape index (κ2) is 7.49. The maximum Gasteiger partial charge on any atom is 0.223 e. The number of hydrogen-bond acceptors (Lipinski definition) is 1. The van der Waals surface area contributed by atoms with Gasteiger partial charge in [0.25, 0.3) is 0 Å². The first-order valence-corrected chi connectivity index (χ1v) is 6.27. The molecule has 1 N–H and O–H groups in total. The van der Waals surface area contributed by atoms with Crippen molar-refractivity contribution in [1.29, 1.82) is 0 Å². The number of hydrogen-bond donors (Lipinski definition) is 1. The highest BCUT2D eigenvalue weighted by molar-refractivity contribution is 5.78. The molecule has 2 nitrogen and oxygen atoms in total. The van der Waals surface area contributed by atoms with Gasteiger partial charge in [-0.3, -0.25) is 4.79 Å². The molecule has 0 aromatic heterocycles. The standard InChI is InChI=1S/C13H23NO/c1-2-3-4-8-11-14-13(15)12-9-6-5-7-10-12/h5-6,12H,2-4,7-11H2,1H3,(H,14,15)/t12-/m0/s1. The number of nitrogens with one attached hydrogen (secondary N) is 1. The Morgan fingerprint density at radius 1 is 1.33 bits per heavy atom. The quantitative estimate of drug-likeness (QED) is 0.528. The molecule has 86 valence electrons. The molecule has 0 saturated carbocycles. The average molecular weight is 209 g/mol. The van der Waals surface area contributed by atoms with Gasteiger partial charge in [-0.15, -0.1) is 0 Å². The minimum Gasteiger partial charge on any atom is -0.356 e. The lowest BCUT2D eigenvalue weighted by Gasteiger charge is -2.17. The molecule has 0 spiro atoms. The van der Waals surface area contributed by atoms with Gasteiger partial charge in [-0.25, -0.2) is 0 Å². The van der Waals surface area contributed by atoms with E-state index in [4.69, 9.17) is 0 Å². The third-order valence-electron chi connectivity index (χ3n) is 2.97. The second-order valence-electron chi connectivity index (χ2n) is 4.33. The van der Waals surface area contributed by atoms with Gasteiger partial charge in [-0.05, 0) is 25.7 Å². The Morgan fingerprint density at radius 3 is 2.87 bits per heavy atom. The van der Waals surface area contributed by atoms with Crippen LogP contribution < -0.4 is 5.32 Å². The van der Waals surface area contributed by atoms with E-state index in [0.29, 0.717) is 0 Å². The Kier molecular flexibility index (Phi) is 6.14. The number of carbonyl (C=O) groups is 1. The van der Waals surface area contributed by atoms with Gasteiger partial charge >= 0.3 is 0 Å². The summed E-state index contributed by atoms with van der Waals surface area (Å²) in [7, 11) is 0. The molecule has 0 aliphatic heterocycles. The van der Waals surface area contributed by atoms with Crippen molar-refractivity contribution in [3.05, 3.63) is 12.2 Å². The van der Waals surface area contributed by atoms with E-state index in [-0.39, 0.29) is 11.8 Å². The van der Waals surface area contributed by atoms with Gasteiger partial charge in [-0.1, -0.05) is 38.3 Å². The molecule has 0 bridgehead atoms. The number of unbranched alkanes of at least 4 members (excludes halogenated alkanes) is 3. The summed E-state index contributed by atoms with van der Waals surface area (Å²) in [5.41, 5.74) is 0. The van der Waals surface area contributed by atoms with Crippen LogP contribution in [-0.2, 0) is 4.79 Å². The van der Waals surface area contributed by atoms with Crippen molar-refractivity contribution in [3.63, 3.8) is 0 Å². The average Bonchev–Trinajstić information content (AvgIpc) is 2.30. The predicted octanol–water partition coefficient (Wildman–Crippen LogP) is 3.04. The normalized spacial score (nSPS) is 20.2. The third kappa shape index (κ3) is 5.01. The summed E-state index contributed by atoms with van der Waals surface area (Å²) in [6, 6.07) is 0. The van der Waals surface area contributed by atoms with E-state index in [1.54, 1.807) is 0 Å². The molecule has 0 saturated heterocycles. The minimum absolute atomic E-state index is 0.237. The molecule has 2 heteroatoms. The zero-order valence-electron chi connectivity index (χ0n) is 9.80. The van der Waals surface area contributed by atoms with Gasteiger partial charge < -0.3 is 5.32 Å². The lowest BCUT2D eigenvalue weighted by molar-refractivity contribution is -0.125. The van der Waals surface area contributed by atoms with Crippen LogP contribution in [0.3, 0.4) is 0 Å². The number of rotatable bonds is 6. The van der Waals surface area contributed by atoms with Crippen LogP contribution >= 0.6 is 0 Å². The summed E-state index contributed by atoms with van der Waals surface area (Å²) in [4.78, 5) is 11.7. The van der Waals surface area contributed by atoms with E-state index in [0.717, 1.165) is 32.2 Å². The van der Waals surface area contributed by atoms with E-state index in [1.807, 2.05) is 0 Å². The Balaban J connectivity index is 2.05. The monoisotopic (exact) mass is 209 g/mol. The Morgan fingerprint density at radius 2 is 2.20 bits per heavy atom. The smallest absolute Gasteiger partial charge is 0.223 e. The van der Waals surface area contributed by atoms with Gasteiger partial charge in [0.2, 0.25) is 5.91 Å². The van der Waals surface area contributed by atoms with Crippen LogP contribution in [0.1, 0.15) is 51.9 Å².